The second-order valence-electron chi connectivity index (χ2n) is 5.72. The summed E-state index contributed by atoms with van der Waals surface area (Å²) < 4.78 is 0. The number of aromatic nitrogens is 1. The van der Waals surface area contributed by atoms with Crippen molar-refractivity contribution in [3.63, 3.8) is 0 Å². The lowest BCUT2D eigenvalue weighted by Gasteiger charge is -2.27. The Bertz CT molecular complexity index is 707. The van der Waals surface area contributed by atoms with Gasteiger partial charge in [-0.2, -0.15) is 5.26 Å². The fourth-order valence-electron chi connectivity index (χ4n) is 2.66. The van der Waals surface area contributed by atoms with E-state index in [0.29, 0.717) is 5.56 Å². The Labute approximate surface area is 137 Å². The van der Waals surface area contributed by atoms with E-state index in [9.17, 15) is 0 Å². The molecule has 23 heavy (non-hydrogen) atoms. The topological polar surface area (TPSA) is 52.0 Å². The second kappa shape index (κ2) is 7.68. The van der Waals surface area contributed by atoms with Gasteiger partial charge in [0.2, 0.25) is 0 Å². The lowest BCUT2D eigenvalue weighted by molar-refractivity contribution is 0.233. The van der Waals surface area contributed by atoms with Gasteiger partial charge in [0.15, 0.2) is 0 Å². The van der Waals surface area contributed by atoms with Crippen molar-refractivity contribution in [2.75, 3.05) is 26.2 Å². The number of nitriles is 1. The van der Waals surface area contributed by atoms with Gasteiger partial charge in [0.25, 0.3) is 0 Å². The molecule has 1 aromatic heterocycles. The van der Waals surface area contributed by atoms with Crippen LogP contribution in [0.1, 0.15) is 22.3 Å². The minimum atomic E-state index is 0.582. The monoisotopic (exact) mass is 304 g/mol. The number of nitrogens with one attached hydrogen (secondary N) is 1. The van der Waals surface area contributed by atoms with Crippen molar-refractivity contribution in [1.29, 1.82) is 5.26 Å². The van der Waals surface area contributed by atoms with Crippen LogP contribution in [-0.2, 0) is 6.54 Å². The number of nitrogens with zero attached hydrogens (tertiary/aromatic N) is 3. The lowest BCUT2D eigenvalue weighted by atomic mass is 10.1. The molecule has 1 N–H and O–H groups in total. The van der Waals surface area contributed by atoms with Crippen LogP contribution in [0.3, 0.4) is 0 Å². The Morgan fingerprint density at radius 3 is 2.57 bits per heavy atom. The normalized spacial score (nSPS) is 15.6. The molecular formula is C19H20N4. The van der Waals surface area contributed by atoms with E-state index in [1.807, 2.05) is 18.2 Å². The van der Waals surface area contributed by atoms with Crippen molar-refractivity contribution in [1.82, 2.24) is 15.2 Å². The van der Waals surface area contributed by atoms with Crippen molar-refractivity contribution in [3.8, 4) is 6.07 Å². The van der Waals surface area contributed by atoms with E-state index in [1.54, 1.807) is 12.4 Å². The second-order valence-corrected chi connectivity index (χ2v) is 5.72. The van der Waals surface area contributed by atoms with Crippen LogP contribution < -0.4 is 5.32 Å². The molecule has 0 unspecified atom stereocenters. The zero-order valence-corrected chi connectivity index (χ0v) is 13.1. The first kappa shape index (κ1) is 15.4. The maximum atomic E-state index is 8.89. The third-order valence-corrected chi connectivity index (χ3v) is 3.95. The van der Waals surface area contributed by atoms with Crippen LogP contribution >= 0.6 is 0 Å². The van der Waals surface area contributed by atoms with Crippen LogP contribution in [0, 0.1) is 11.3 Å². The van der Waals surface area contributed by atoms with E-state index in [0.717, 1.165) is 43.9 Å². The smallest absolute Gasteiger partial charge is 0.101 e. The van der Waals surface area contributed by atoms with Crippen molar-refractivity contribution in [3.05, 3.63) is 65.0 Å². The van der Waals surface area contributed by atoms with Crippen LogP contribution in [-0.4, -0.2) is 36.1 Å². The fourth-order valence-corrected chi connectivity index (χ4v) is 2.66. The zero-order valence-electron chi connectivity index (χ0n) is 13.1. The first-order valence-electron chi connectivity index (χ1n) is 7.89. The summed E-state index contributed by atoms with van der Waals surface area (Å²) in [6, 6.07) is 12.6. The summed E-state index contributed by atoms with van der Waals surface area (Å²) in [6.07, 6.45) is 7.37. The fraction of sp³-hybridized carbons (Fsp3) is 0.263. The van der Waals surface area contributed by atoms with E-state index in [-0.39, 0.29) is 0 Å². The molecule has 3 rings (SSSR count). The van der Waals surface area contributed by atoms with Gasteiger partial charge < -0.3 is 5.32 Å². The highest BCUT2D eigenvalue weighted by molar-refractivity contribution is 5.69. The first-order valence-corrected chi connectivity index (χ1v) is 7.89. The molecule has 0 amide bonds. The van der Waals surface area contributed by atoms with Crippen molar-refractivity contribution >= 4 is 12.2 Å². The molecule has 0 aliphatic carbocycles. The summed E-state index contributed by atoms with van der Waals surface area (Å²) >= 11 is 0. The molecule has 0 saturated carbocycles. The summed E-state index contributed by atoms with van der Waals surface area (Å²) in [5.74, 6) is 0. The molecule has 2 aromatic rings. The van der Waals surface area contributed by atoms with Crippen molar-refractivity contribution < 1.29 is 0 Å². The van der Waals surface area contributed by atoms with Crippen molar-refractivity contribution in [2.24, 2.45) is 0 Å². The third kappa shape index (κ3) is 4.49. The summed E-state index contributed by atoms with van der Waals surface area (Å²) in [6.45, 7) is 5.40. The Balaban J connectivity index is 1.62. The average molecular weight is 304 g/mol. The number of rotatable bonds is 4. The Kier molecular flexibility index (Phi) is 5.15. The Hall–Kier alpha value is -2.48. The number of hydrogen-bond acceptors (Lipinski definition) is 4. The van der Waals surface area contributed by atoms with E-state index >= 15 is 0 Å². The van der Waals surface area contributed by atoms with Crippen LogP contribution in [0.5, 0.6) is 0 Å². The minimum Gasteiger partial charge on any atom is -0.314 e. The molecule has 1 aliphatic rings. The Morgan fingerprint density at radius 1 is 1.09 bits per heavy atom. The van der Waals surface area contributed by atoms with Crippen LogP contribution in [0.2, 0.25) is 0 Å². The molecular weight excluding hydrogens is 284 g/mol. The highest BCUT2D eigenvalue weighted by Gasteiger charge is 2.09. The van der Waals surface area contributed by atoms with Crippen LogP contribution in [0.4, 0.5) is 0 Å². The van der Waals surface area contributed by atoms with Gasteiger partial charge in [-0.05, 0) is 22.8 Å². The summed E-state index contributed by atoms with van der Waals surface area (Å²) in [5.41, 5.74) is 4.01. The molecule has 0 atom stereocenters. The molecule has 0 bridgehead atoms. The van der Waals surface area contributed by atoms with E-state index < -0.39 is 0 Å². The van der Waals surface area contributed by atoms with Crippen LogP contribution in [0.15, 0.2) is 42.7 Å². The molecule has 0 radical (unpaired) electrons. The van der Waals surface area contributed by atoms with Gasteiger partial charge in [-0.25, -0.2) is 0 Å². The maximum Gasteiger partial charge on any atom is 0.101 e. The first-order chi connectivity index (χ1) is 11.3. The van der Waals surface area contributed by atoms with Gasteiger partial charge in [0.05, 0.1) is 5.56 Å². The van der Waals surface area contributed by atoms with Gasteiger partial charge in [-0.15, -0.1) is 0 Å². The van der Waals surface area contributed by atoms with E-state index in [2.05, 4.69) is 45.5 Å². The molecule has 4 heteroatoms. The SMILES string of the molecule is N#Cc1cncc(C=Cc2ccc(CN3CCNCC3)cc2)c1. The van der Waals surface area contributed by atoms with Crippen molar-refractivity contribution in [2.45, 2.75) is 6.54 Å². The molecule has 116 valence electrons. The Morgan fingerprint density at radius 2 is 1.83 bits per heavy atom. The molecule has 2 heterocycles. The van der Waals surface area contributed by atoms with E-state index in [4.69, 9.17) is 5.26 Å². The van der Waals surface area contributed by atoms with Gasteiger partial charge in [0, 0.05) is 45.1 Å². The molecule has 4 nitrogen and oxygen atoms in total. The van der Waals surface area contributed by atoms with E-state index in [1.165, 1.54) is 5.56 Å². The number of benzene rings is 1. The molecule has 1 aliphatic heterocycles. The molecule has 1 aromatic carbocycles. The molecule has 1 saturated heterocycles. The number of piperazine rings is 1. The quantitative estimate of drug-likeness (QED) is 0.943. The third-order valence-electron chi connectivity index (χ3n) is 3.95. The average Bonchev–Trinajstić information content (AvgIpc) is 2.62. The van der Waals surface area contributed by atoms with Gasteiger partial charge in [-0.3, -0.25) is 9.88 Å². The maximum absolute atomic E-state index is 8.89. The largest absolute Gasteiger partial charge is 0.314 e. The standard InChI is InChI=1S/C19H20N4/c20-12-19-11-18(13-22-14-19)6-3-16-1-4-17(5-2-16)15-23-9-7-21-8-10-23/h1-6,11,13-14,21H,7-10,15H2. The van der Waals surface area contributed by atoms with Gasteiger partial charge in [-0.1, -0.05) is 36.4 Å². The lowest BCUT2D eigenvalue weighted by Crippen LogP contribution is -2.42. The number of hydrogen-bond donors (Lipinski definition) is 1. The molecule has 1 fully saturated rings. The summed E-state index contributed by atoms with van der Waals surface area (Å²) in [7, 11) is 0. The highest BCUT2D eigenvalue weighted by atomic mass is 15.2. The summed E-state index contributed by atoms with van der Waals surface area (Å²) in [4.78, 5) is 6.54. The minimum absolute atomic E-state index is 0.582. The zero-order chi connectivity index (χ0) is 15.9. The number of pyridine rings is 1. The highest BCUT2D eigenvalue weighted by Crippen LogP contribution is 2.12. The molecule has 0 spiro atoms. The summed E-state index contributed by atoms with van der Waals surface area (Å²) in [5, 5.41) is 12.3. The van der Waals surface area contributed by atoms with Crippen LogP contribution in [0.25, 0.3) is 12.2 Å². The predicted octanol–water partition coefficient (Wildman–Crippen LogP) is 2.53. The van der Waals surface area contributed by atoms with Gasteiger partial charge in [0.1, 0.15) is 6.07 Å². The van der Waals surface area contributed by atoms with Gasteiger partial charge >= 0.3 is 0 Å². The predicted molar refractivity (Wildman–Crippen MR) is 92.5 cm³/mol.